The van der Waals surface area contributed by atoms with E-state index >= 15 is 0 Å². The molecule has 0 aliphatic heterocycles. The van der Waals surface area contributed by atoms with Crippen LogP contribution in [0.5, 0.6) is 0 Å². The van der Waals surface area contributed by atoms with Crippen molar-refractivity contribution >= 4 is 11.4 Å². The van der Waals surface area contributed by atoms with Crippen LogP contribution in [0.2, 0.25) is 0 Å². The zero-order valence-corrected chi connectivity index (χ0v) is 28.7. The van der Waals surface area contributed by atoms with Crippen LogP contribution < -0.4 is 0 Å². The Morgan fingerprint density at radius 1 is 0.520 bits per heavy atom. The molecule has 0 amide bonds. The third-order valence-corrected chi connectivity index (χ3v) is 1.55. The predicted octanol–water partition coefficient (Wildman–Crippen LogP) is 7.68. The Labute approximate surface area is 248 Å². The Bertz CT molecular complexity index is 332. The van der Waals surface area contributed by atoms with E-state index in [4.69, 9.17) is 11.5 Å². The molecule has 0 unspecified atom stereocenters. The molecule has 7 heteroatoms. The van der Waals surface area contributed by atoms with Crippen LogP contribution in [0, 0.1) is 14.9 Å². The fourth-order valence-electron chi connectivity index (χ4n) is 0.876. The second-order valence-electron chi connectivity index (χ2n) is 2.73. The molecule has 2 aromatic rings. The van der Waals surface area contributed by atoms with E-state index in [0.29, 0.717) is 11.4 Å². The first-order valence-corrected chi connectivity index (χ1v) is 6.32. The van der Waals surface area contributed by atoms with E-state index in [1.807, 2.05) is 64.1 Å². The van der Waals surface area contributed by atoms with E-state index < -0.39 is 0 Å². The maximum Gasteiger partial charge on any atom is 3.00 e. The molecule has 0 spiro atoms. The third-order valence-electron chi connectivity index (χ3n) is 1.55. The molecule has 25 heavy (non-hydrogen) atoms. The number of rotatable bonds is 0. The van der Waals surface area contributed by atoms with Crippen molar-refractivity contribution in [3.05, 3.63) is 87.0 Å². The number of hydrogen-bond acceptors (Lipinski definition) is 0. The van der Waals surface area contributed by atoms with Crippen molar-refractivity contribution in [2.75, 3.05) is 0 Å². The number of benzene rings is 2. The second-order valence-corrected chi connectivity index (χ2v) is 2.73. The van der Waals surface area contributed by atoms with E-state index in [-0.39, 0.29) is 142 Å². The molecule has 2 radical (unpaired) electrons. The summed E-state index contributed by atoms with van der Waals surface area (Å²) in [5.41, 5.74) is 15.1. The van der Waals surface area contributed by atoms with Crippen molar-refractivity contribution in [3.63, 3.8) is 0 Å². The van der Waals surface area contributed by atoms with Gasteiger partial charge in [-0.05, 0) is 0 Å². The first kappa shape index (κ1) is 56.4. The summed E-state index contributed by atoms with van der Waals surface area (Å²) in [4.78, 5) is 0. The molecular formula is C18H30Ir2N2PtY2+2. The van der Waals surface area contributed by atoms with Gasteiger partial charge < -0.3 is 26.3 Å². The third kappa shape index (κ3) is 46.3. The molecule has 0 aliphatic carbocycles. The molecule has 144 valence electrons. The largest absolute Gasteiger partial charge is 3.00 e. The molecule has 0 saturated carbocycles. The summed E-state index contributed by atoms with van der Waals surface area (Å²) in [6.07, 6.45) is 0. The van der Waals surface area contributed by atoms with Crippen LogP contribution in [0.15, 0.2) is 60.7 Å². The van der Waals surface area contributed by atoms with Crippen LogP contribution in [0.4, 0.5) is 11.4 Å². The molecule has 0 atom stereocenters. The van der Waals surface area contributed by atoms with Crippen LogP contribution in [-0.2, 0) is 127 Å². The molecular weight excluding hydrogens is 1000 g/mol. The van der Waals surface area contributed by atoms with Crippen molar-refractivity contribution in [3.8, 4) is 0 Å². The Morgan fingerprint density at radius 2 is 0.680 bits per heavy atom. The molecule has 0 fully saturated rings. The summed E-state index contributed by atoms with van der Waals surface area (Å²) >= 11 is 0. The van der Waals surface area contributed by atoms with Crippen LogP contribution >= 0.6 is 0 Å². The number of nitrogens with one attached hydrogen (secondary N) is 2. The molecule has 2 aromatic carbocycles. The van der Waals surface area contributed by atoms with Crippen LogP contribution in [0.25, 0.3) is 11.5 Å². The quantitative estimate of drug-likeness (QED) is 0.244. The molecule has 0 heterocycles. The van der Waals surface area contributed by atoms with E-state index in [1.165, 1.54) is 0 Å². The van der Waals surface area contributed by atoms with Gasteiger partial charge in [0.1, 0.15) is 0 Å². The van der Waals surface area contributed by atoms with Crippen molar-refractivity contribution in [2.45, 2.75) is 27.7 Å². The SMILES string of the molecule is CC.CC.[CH3-].[CH3-].[Ir+3].[Ir+3].[NH-]c1ccccc1.[NH-]c1ccccc1.[Pt].[Y].[Y]. The Kier molecular flexibility index (Phi) is 113. The molecule has 0 aliphatic rings. The van der Waals surface area contributed by atoms with Gasteiger partial charge in [-0.15, -0.1) is 11.4 Å². The monoisotopic (exact) mass is 1030 g/mol. The average molecular weight is 1030 g/mol. The van der Waals surface area contributed by atoms with Gasteiger partial charge in [-0.25, -0.2) is 0 Å². The van der Waals surface area contributed by atoms with Gasteiger partial charge in [0.2, 0.25) is 0 Å². The zero-order chi connectivity index (χ0) is 14.2. The van der Waals surface area contributed by atoms with Gasteiger partial charge in [0.15, 0.2) is 0 Å². The molecule has 0 bridgehead atoms. The minimum atomic E-state index is 0. The minimum absolute atomic E-state index is 0. The first-order valence-electron chi connectivity index (χ1n) is 6.32. The van der Waals surface area contributed by atoms with Gasteiger partial charge in [0.25, 0.3) is 0 Å². The Hall–Kier alpha value is 2.23. The topological polar surface area (TPSA) is 47.6 Å². The summed E-state index contributed by atoms with van der Waals surface area (Å²) in [5, 5.41) is 0. The van der Waals surface area contributed by atoms with Gasteiger partial charge in [-0.1, -0.05) is 88.4 Å². The Morgan fingerprint density at radius 3 is 0.760 bits per heavy atom. The molecule has 0 saturated heterocycles. The van der Waals surface area contributed by atoms with Crippen LogP contribution in [0.1, 0.15) is 27.7 Å². The molecule has 2 rings (SSSR count). The second kappa shape index (κ2) is 50.2. The fraction of sp³-hybridized carbons (Fsp3) is 0.222. The normalized spacial score (nSPS) is 5.28. The van der Waals surface area contributed by atoms with Crippen LogP contribution in [-0.4, -0.2) is 0 Å². The molecule has 0 aromatic heterocycles. The summed E-state index contributed by atoms with van der Waals surface area (Å²) < 4.78 is 0. The van der Waals surface area contributed by atoms with E-state index in [2.05, 4.69) is 0 Å². The Balaban J connectivity index is -0.0000000198. The summed E-state index contributed by atoms with van der Waals surface area (Å²) in [6.45, 7) is 8.00. The maximum atomic E-state index is 7.00. The van der Waals surface area contributed by atoms with Crippen LogP contribution in [0.3, 0.4) is 0 Å². The smallest absolute Gasteiger partial charge is 0.699 e. The van der Waals surface area contributed by atoms with E-state index in [9.17, 15) is 0 Å². The van der Waals surface area contributed by atoms with Crippen molar-refractivity contribution in [1.82, 2.24) is 0 Å². The summed E-state index contributed by atoms with van der Waals surface area (Å²) in [5.74, 6) is 0. The van der Waals surface area contributed by atoms with Gasteiger partial charge in [-0.2, -0.15) is 0 Å². The summed E-state index contributed by atoms with van der Waals surface area (Å²) in [6, 6.07) is 18.2. The van der Waals surface area contributed by atoms with E-state index in [0.717, 1.165) is 0 Å². The van der Waals surface area contributed by atoms with Gasteiger partial charge in [0, 0.05) is 86.5 Å². The minimum Gasteiger partial charge on any atom is -0.699 e. The van der Waals surface area contributed by atoms with Crippen molar-refractivity contribution < 1.29 is 127 Å². The first-order chi connectivity index (χ1) is 8.79. The predicted molar refractivity (Wildman–Crippen MR) is 96.4 cm³/mol. The molecule has 2 nitrogen and oxygen atoms in total. The van der Waals surface area contributed by atoms with Crippen molar-refractivity contribution in [2.24, 2.45) is 0 Å². The maximum absolute atomic E-state index is 7.00. The summed E-state index contributed by atoms with van der Waals surface area (Å²) in [7, 11) is 0. The molecule has 2 N–H and O–H groups in total. The zero-order valence-electron chi connectivity index (χ0n) is 15.9. The van der Waals surface area contributed by atoms with Gasteiger partial charge in [0.05, 0.1) is 0 Å². The van der Waals surface area contributed by atoms with Crippen molar-refractivity contribution in [1.29, 1.82) is 0 Å². The van der Waals surface area contributed by atoms with Gasteiger partial charge in [-0.3, -0.25) is 0 Å². The fourth-order valence-corrected chi connectivity index (χ4v) is 0.876. The number of hydrogen-bond donors (Lipinski definition) is 0. The standard InChI is InChI=1S/2C6H6N.2C2H6.2CH3.2Ir.Pt.2Y/c2*7-6-4-2-1-3-5-6;2*1-2;;;;;;;/h2*1-5,7H;2*1-2H3;2*1H3;;;;;/q2*-1;;;2*-1;2*+3;;;. The van der Waals surface area contributed by atoms with E-state index in [1.54, 1.807) is 24.3 Å². The average Bonchev–Trinajstić information content (AvgIpc) is 2.46. The van der Waals surface area contributed by atoms with Gasteiger partial charge >= 0.3 is 40.2 Å².